The van der Waals surface area contributed by atoms with Crippen molar-refractivity contribution >= 4 is 5.91 Å². The summed E-state index contributed by atoms with van der Waals surface area (Å²) in [5.74, 6) is -3.95. The highest BCUT2D eigenvalue weighted by molar-refractivity contribution is 5.94. The Bertz CT molecular complexity index is 480. The van der Waals surface area contributed by atoms with Crippen molar-refractivity contribution in [2.75, 3.05) is 14.1 Å². The minimum atomic E-state index is -2.84. The van der Waals surface area contributed by atoms with Crippen molar-refractivity contribution in [1.29, 1.82) is 0 Å². The quantitative estimate of drug-likeness (QED) is 0.786. The van der Waals surface area contributed by atoms with E-state index in [4.69, 9.17) is 0 Å². The molecule has 0 aliphatic heterocycles. The molecule has 1 fully saturated rings. The summed E-state index contributed by atoms with van der Waals surface area (Å²) in [5, 5.41) is 6.06. The molecule has 0 spiro atoms. The topological polar surface area (TPSA) is 49.0 Å². The molecule has 1 aromatic heterocycles. The minimum Gasteiger partial charge on any atom is -0.343 e. The number of carbonyl (C=O) groups excluding carboxylic acids is 1. The average molecular weight is 227 g/mol. The molecule has 1 aromatic rings. The number of alkyl halides is 2. The van der Waals surface area contributed by atoms with Gasteiger partial charge in [0, 0.05) is 25.6 Å². The van der Waals surface area contributed by atoms with Crippen LogP contribution < -0.4 is 0 Å². The molecule has 2 aliphatic carbocycles. The summed E-state index contributed by atoms with van der Waals surface area (Å²) < 4.78 is 27.3. The van der Waals surface area contributed by atoms with Gasteiger partial charge >= 0.3 is 0 Å². The van der Waals surface area contributed by atoms with Crippen LogP contribution in [-0.2, 0) is 5.92 Å². The lowest BCUT2D eigenvalue weighted by molar-refractivity contribution is -0.0268. The molecule has 3 rings (SSSR count). The summed E-state index contributed by atoms with van der Waals surface area (Å²) in [6.07, 6.45) is 0.466. The molecule has 0 saturated heterocycles. The second-order valence-corrected chi connectivity index (χ2v) is 4.63. The van der Waals surface area contributed by atoms with Crippen LogP contribution >= 0.6 is 0 Å². The molecule has 86 valence electrons. The summed E-state index contributed by atoms with van der Waals surface area (Å²) >= 11 is 0. The van der Waals surface area contributed by atoms with E-state index >= 15 is 0 Å². The monoisotopic (exact) mass is 227 g/mol. The van der Waals surface area contributed by atoms with Crippen LogP contribution in [0.3, 0.4) is 0 Å². The van der Waals surface area contributed by atoms with E-state index in [0.29, 0.717) is 12.0 Å². The Morgan fingerprint density at radius 2 is 2.25 bits per heavy atom. The average Bonchev–Trinajstić information content (AvgIpc) is 2.82. The zero-order valence-electron chi connectivity index (χ0n) is 8.92. The first-order valence-corrected chi connectivity index (χ1v) is 5.12. The number of aromatic nitrogens is 2. The SMILES string of the molecule is CN(C)C(=O)c1n[nH]c2c1C1CC1C2(F)F. The summed E-state index contributed by atoms with van der Waals surface area (Å²) in [5.41, 5.74) is 0.442. The number of H-pyrrole nitrogens is 1. The highest BCUT2D eigenvalue weighted by Gasteiger charge is 2.66. The smallest absolute Gasteiger partial charge is 0.292 e. The van der Waals surface area contributed by atoms with Crippen LogP contribution in [0.25, 0.3) is 0 Å². The van der Waals surface area contributed by atoms with E-state index in [9.17, 15) is 13.6 Å². The highest BCUT2D eigenvalue weighted by atomic mass is 19.3. The number of nitrogens with one attached hydrogen (secondary N) is 1. The molecule has 0 bridgehead atoms. The maximum atomic E-state index is 13.7. The van der Waals surface area contributed by atoms with Crippen LogP contribution in [0.15, 0.2) is 0 Å². The van der Waals surface area contributed by atoms with Gasteiger partial charge in [0.2, 0.25) is 0 Å². The van der Waals surface area contributed by atoms with Crippen LogP contribution in [0, 0.1) is 5.92 Å². The van der Waals surface area contributed by atoms with Gasteiger partial charge in [0.1, 0.15) is 5.69 Å². The number of aromatic amines is 1. The zero-order valence-corrected chi connectivity index (χ0v) is 8.92. The third kappa shape index (κ3) is 0.968. The standard InChI is InChI=1S/C10H11F2N3O/c1-15(2)9(16)7-6-4-3-5(4)10(11,12)8(6)14-13-7/h4-5H,3H2,1-2H3,(H,13,14). The Morgan fingerprint density at radius 1 is 1.56 bits per heavy atom. The van der Waals surface area contributed by atoms with Crippen LogP contribution in [0.5, 0.6) is 0 Å². The summed E-state index contributed by atoms with van der Waals surface area (Å²) in [6.45, 7) is 0. The van der Waals surface area contributed by atoms with Crippen molar-refractivity contribution in [1.82, 2.24) is 15.1 Å². The van der Waals surface area contributed by atoms with E-state index in [-0.39, 0.29) is 23.2 Å². The van der Waals surface area contributed by atoms with Gasteiger partial charge in [-0.15, -0.1) is 0 Å². The van der Waals surface area contributed by atoms with E-state index in [2.05, 4.69) is 10.2 Å². The molecule has 1 saturated carbocycles. The largest absolute Gasteiger partial charge is 0.343 e. The highest BCUT2D eigenvalue weighted by Crippen LogP contribution is 2.67. The maximum Gasteiger partial charge on any atom is 0.292 e. The molecule has 1 N–H and O–H groups in total. The first kappa shape index (κ1) is 9.74. The van der Waals surface area contributed by atoms with Gasteiger partial charge in [-0.1, -0.05) is 0 Å². The van der Waals surface area contributed by atoms with Gasteiger partial charge in [0.25, 0.3) is 11.8 Å². The normalized spacial score (nSPS) is 28.5. The lowest BCUT2D eigenvalue weighted by atomic mass is 10.1. The van der Waals surface area contributed by atoms with Crippen molar-refractivity contribution in [3.05, 3.63) is 17.0 Å². The van der Waals surface area contributed by atoms with E-state index in [1.807, 2.05) is 0 Å². The van der Waals surface area contributed by atoms with Gasteiger partial charge < -0.3 is 4.90 Å². The Balaban J connectivity index is 2.10. The summed E-state index contributed by atoms with van der Waals surface area (Å²) in [6, 6.07) is 0. The Hall–Kier alpha value is -1.46. The fraction of sp³-hybridized carbons (Fsp3) is 0.600. The van der Waals surface area contributed by atoms with E-state index < -0.39 is 11.8 Å². The van der Waals surface area contributed by atoms with E-state index in [1.54, 1.807) is 14.1 Å². The Labute approximate surface area is 90.6 Å². The summed E-state index contributed by atoms with van der Waals surface area (Å²) in [7, 11) is 3.17. The molecule has 2 aliphatic rings. The number of hydrogen-bond donors (Lipinski definition) is 1. The number of rotatable bonds is 1. The van der Waals surface area contributed by atoms with Crippen molar-refractivity contribution in [2.45, 2.75) is 18.3 Å². The van der Waals surface area contributed by atoms with Gasteiger partial charge in [-0.3, -0.25) is 9.89 Å². The van der Waals surface area contributed by atoms with E-state index in [0.717, 1.165) is 0 Å². The van der Waals surface area contributed by atoms with E-state index in [1.165, 1.54) is 4.90 Å². The lowest BCUT2D eigenvalue weighted by Gasteiger charge is -2.10. The molecule has 2 atom stereocenters. The molecule has 16 heavy (non-hydrogen) atoms. The van der Waals surface area contributed by atoms with Crippen molar-refractivity contribution in [3.8, 4) is 0 Å². The third-order valence-corrected chi connectivity index (χ3v) is 3.37. The molecule has 0 radical (unpaired) electrons. The van der Waals surface area contributed by atoms with Gasteiger partial charge in [0.15, 0.2) is 5.69 Å². The zero-order chi connectivity index (χ0) is 11.7. The van der Waals surface area contributed by atoms with Crippen LogP contribution in [0.4, 0.5) is 8.78 Å². The Kier molecular flexibility index (Phi) is 1.59. The minimum absolute atomic E-state index is 0.154. The molecule has 1 amide bonds. The molecule has 0 aromatic carbocycles. The van der Waals surface area contributed by atoms with Crippen LogP contribution in [0.2, 0.25) is 0 Å². The number of carbonyl (C=O) groups is 1. The molecular formula is C10H11F2N3O. The lowest BCUT2D eigenvalue weighted by Crippen LogP contribution is -2.23. The second-order valence-electron chi connectivity index (χ2n) is 4.63. The molecular weight excluding hydrogens is 216 g/mol. The molecule has 4 nitrogen and oxygen atoms in total. The summed E-state index contributed by atoms with van der Waals surface area (Å²) in [4.78, 5) is 13.1. The number of nitrogens with zero attached hydrogens (tertiary/aromatic N) is 2. The van der Waals surface area contributed by atoms with Gasteiger partial charge in [-0.05, 0) is 12.3 Å². The predicted molar refractivity (Wildman–Crippen MR) is 51.3 cm³/mol. The fourth-order valence-corrected chi connectivity index (χ4v) is 2.44. The molecule has 2 unspecified atom stereocenters. The van der Waals surface area contributed by atoms with Gasteiger partial charge in [-0.2, -0.15) is 13.9 Å². The third-order valence-electron chi connectivity index (χ3n) is 3.37. The predicted octanol–water partition coefficient (Wildman–Crippen LogP) is 1.32. The fourth-order valence-electron chi connectivity index (χ4n) is 2.44. The molecule has 6 heteroatoms. The van der Waals surface area contributed by atoms with Crippen molar-refractivity contribution in [3.63, 3.8) is 0 Å². The van der Waals surface area contributed by atoms with Gasteiger partial charge in [0.05, 0.1) is 0 Å². The number of halogens is 2. The van der Waals surface area contributed by atoms with Crippen molar-refractivity contribution in [2.24, 2.45) is 5.92 Å². The number of hydrogen-bond acceptors (Lipinski definition) is 2. The first-order chi connectivity index (χ1) is 7.44. The van der Waals surface area contributed by atoms with Gasteiger partial charge in [-0.25, -0.2) is 0 Å². The van der Waals surface area contributed by atoms with Crippen LogP contribution in [0.1, 0.15) is 34.1 Å². The second kappa shape index (κ2) is 2.61. The van der Waals surface area contributed by atoms with Crippen molar-refractivity contribution < 1.29 is 13.6 Å². The maximum absolute atomic E-state index is 13.7. The first-order valence-electron chi connectivity index (χ1n) is 5.12. The number of amides is 1. The molecule has 1 heterocycles. The Morgan fingerprint density at radius 3 is 2.88 bits per heavy atom. The number of fused-ring (bicyclic) bond motifs is 3. The van der Waals surface area contributed by atoms with Crippen LogP contribution in [-0.4, -0.2) is 35.1 Å².